The Morgan fingerprint density at radius 2 is 2.26 bits per heavy atom. The molecule has 0 saturated heterocycles. The summed E-state index contributed by atoms with van der Waals surface area (Å²) in [4.78, 5) is 15.3. The molecule has 2 unspecified atom stereocenters. The van der Waals surface area contributed by atoms with E-state index in [0.717, 1.165) is 11.9 Å². The minimum Gasteiger partial charge on any atom is -0.478 e. The second kappa shape index (κ2) is 5.52. The van der Waals surface area contributed by atoms with Crippen LogP contribution in [0.2, 0.25) is 0 Å². The van der Waals surface area contributed by atoms with Crippen molar-refractivity contribution in [1.29, 1.82) is 0 Å². The predicted molar refractivity (Wildman–Crippen MR) is 74.8 cm³/mol. The lowest BCUT2D eigenvalue weighted by atomic mass is 10.2. The number of benzene rings is 1. The van der Waals surface area contributed by atoms with Gasteiger partial charge in [0, 0.05) is 28.9 Å². The molecule has 0 aliphatic rings. The molecule has 0 saturated carbocycles. The summed E-state index contributed by atoms with van der Waals surface area (Å²) in [6.07, 6.45) is 4.10. The Labute approximate surface area is 113 Å². The van der Waals surface area contributed by atoms with Gasteiger partial charge >= 0.3 is 5.97 Å². The highest BCUT2D eigenvalue weighted by atomic mass is 32.2. The number of rotatable bonds is 5. The zero-order valence-electron chi connectivity index (χ0n) is 10.9. The van der Waals surface area contributed by atoms with Crippen molar-refractivity contribution in [1.82, 2.24) is 9.55 Å². The van der Waals surface area contributed by atoms with E-state index in [1.807, 2.05) is 17.6 Å². The summed E-state index contributed by atoms with van der Waals surface area (Å²) in [5, 5.41) is 9.20. The number of aryl methyl sites for hydroxylation is 1. The molecule has 0 aliphatic heterocycles. The number of para-hydroxylation sites is 1. The molecule has 102 valence electrons. The third-order valence-electron chi connectivity index (χ3n) is 3.22. The lowest BCUT2D eigenvalue weighted by Gasteiger charge is -2.09. The summed E-state index contributed by atoms with van der Waals surface area (Å²) in [5.74, 6) is -0.973. The van der Waals surface area contributed by atoms with Crippen molar-refractivity contribution in [2.45, 2.75) is 25.1 Å². The first-order valence-corrected chi connectivity index (χ1v) is 7.62. The Balaban J connectivity index is 2.28. The first-order chi connectivity index (χ1) is 9.00. The lowest BCUT2D eigenvalue weighted by Crippen LogP contribution is -2.12. The average molecular weight is 280 g/mol. The average Bonchev–Trinajstić information content (AvgIpc) is 2.78. The standard InChI is InChI=1S/C13H16N2O3S/c1-9(19(2)18)6-7-15-8-14-12-10(13(16)17)4-3-5-11(12)15/h3-5,8-9H,6-7H2,1-2H3,(H,16,17). The number of nitrogens with zero attached hydrogens (tertiary/aromatic N) is 2. The highest BCUT2D eigenvalue weighted by Crippen LogP contribution is 2.18. The second-order valence-corrected chi connectivity index (χ2v) is 6.32. The third-order valence-corrected chi connectivity index (χ3v) is 4.59. The Bertz CT molecular complexity index is 636. The van der Waals surface area contributed by atoms with Gasteiger partial charge in [0.15, 0.2) is 0 Å². The van der Waals surface area contributed by atoms with Crippen LogP contribution in [-0.4, -0.2) is 36.3 Å². The van der Waals surface area contributed by atoms with E-state index in [1.54, 1.807) is 24.7 Å². The van der Waals surface area contributed by atoms with Gasteiger partial charge in [0.25, 0.3) is 0 Å². The van der Waals surface area contributed by atoms with E-state index in [1.165, 1.54) is 0 Å². The van der Waals surface area contributed by atoms with Crippen molar-refractivity contribution in [3.05, 3.63) is 30.1 Å². The molecule has 2 atom stereocenters. The number of aromatic carboxylic acids is 1. The zero-order valence-corrected chi connectivity index (χ0v) is 11.7. The van der Waals surface area contributed by atoms with Crippen molar-refractivity contribution in [3.8, 4) is 0 Å². The number of aromatic nitrogens is 2. The monoisotopic (exact) mass is 280 g/mol. The van der Waals surface area contributed by atoms with Gasteiger partial charge in [-0.3, -0.25) is 4.21 Å². The summed E-state index contributed by atoms with van der Waals surface area (Å²) in [7, 11) is -0.845. The summed E-state index contributed by atoms with van der Waals surface area (Å²) < 4.78 is 13.2. The molecule has 2 aromatic rings. The summed E-state index contributed by atoms with van der Waals surface area (Å²) in [5.41, 5.74) is 1.51. The van der Waals surface area contributed by atoms with Crippen molar-refractivity contribution in [2.75, 3.05) is 6.26 Å². The Morgan fingerprint density at radius 1 is 1.53 bits per heavy atom. The normalized spacial score (nSPS) is 14.4. The van der Waals surface area contributed by atoms with Crippen LogP contribution in [0.1, 0.15) is 23.7 Å². The molecule has 1 aromatic carbocycles. The number of carbonyl (C=O) groups is 1. The van der Waals surface area contributed by atoms with Gasteiger partial charge in [-0.2, -0.15) is 0 Å². The number of carboxylic acid groups (broad SMARTS) is 1. The molecule has 2 rings (SSSR count). The van der Waals surface area contributed by atoms with E-state index >= 15 is 0 Å². The van der Waals surface area contributed by atoms with E-state index in [4.69, 9.17) is 5.11 Å². The van der Waals surface area contributed by atoms with E-state index < -0.39 is 16.8 Å². The second-order valence-electron chi connectivity index (χ2n) is 4.51. The minimum absolute atomic E-state index is 0.111. The molecule has 19 heavy (non-hydrogen) atoms. The third kappa shape index (κ3) is 2.84. The molecular weight excluding hydrogens is 264 g/mol. The van der Waals surface area contributed by atoms with E-state index in [-0.39, 0.29) is 10.8 Å². The van der Waals surface area contributed by atoms with Gasteiger partial charge < -0.3 is 9.67 Å². The van der Waals surface area contributed by atoms with E-state index in [2.05, 4.69) is 4.98 Å². The van der Waals surface area contributed by atoms with Gasteiger partial charge in [0.1, 0.15) is 5.52 Å². The number of imidazole rings is 1. The van der Waals surface area contributed by atoms with E-state index in [9.17, 15) is 9.00 Å². The lowest BCUT2D eigenvalue weighted by molar-refractivity contribution is 0.0699. The molecule has 5 nitrogen and oxygen atoms in total. The van der Waals surface area contributed by atoms with Crippen molar-refractivity contribution >= 4 is 27.8 Å². The summed E-state index contributed by atoms with van der Waals surface area (Å²) in [6, 6.07) is 5.11. The fourth-order valence-corrected chi connectivity index (χ4v) is 2.36. The molecule has 0 spiro atoms. The quantitative estimate of drug-likeness (QED) is 0.907. The number of fused-ring (bicyclic) bond motifs is 1. The fourth-order valence-electron chi connectivity index (χ4n) is 1.93. The number of hydrogen-bond acceptors (Lipinski definition) is 3. The SMILES string of the molecule is CC(CCn1cnc2c(C(=O)O)cccc21)S(C)=O. The maximum absolute atomic E-state index is 11.3. The van der Waals surface area contributed by atoms with Crippen LogP contribution < -0.4 is 0 Å². The van der Waals surface area contributed by atoms with Crippen LogP contribution in [-0.2, 0) is 17.3 Å². The van der Waals surface area contributed by atoms with Crippen LogP contribution in [0.5, 0.6) is 0 Å². The van der Waals surface area contributed by atoms with Gasteiger partial charge in [-0.25, -0.2) is 9.78 Å². The van der Waals surface area contributed by atoms with Crippen molar-refractivity contribution < 1.29 is 14.1 Å². The van der Waals surface area contributed by atoms with Gasteiger partial charge in [-0.1, -0.05) is 13.0 Å². The summed E-state index contributed by atoms with van der Waals surface area (Å²) >= 11 is 0. The molecule has 6 heteroatoms. The first kappa shape index (κ1) is 13.7. The van der Waals surface area contributed by atoms with Crippen LogP contribution in [0.25, 0.3) is 11.0 Å². The minimum atomic E-state index is -0.973. The maximum atomic E-state index is 11.3. The maximum Gasteiger partial charge on any atom is 0.337 e. The topological polar surface area (TPSA) is 72.2 Å². The van der Waals surface area contributed by atoms with Crippen molar-refractivity contribution in [3.63, 3.8) is 0 Å². The highest BCUT2D eigenvalue weighted by molar-refractivity contribution is 7.84. The number of hydrogen-bond donors (Lipinski definition) is 1. The van der Waals surface area contributed by atoms with E-state index in [0.29, 0.717) is 12.1 Å². The molecular formula is C13H16N2O3S. The van der Waals surface area contributed by atoms with Gasteiger partial charge in [-0.05, 0) is 18.6 Å². The van der Waals surface area contributed by atoms with Gasteiger partial charge in [0.2, 0.25) is 0 Å². The van der Waals surface area contributed by atoms with Crippen LogP contribution >= 0.6 is 0 Å². The Morgan fingerprint density at radius 3 is 2.89 bits per heavy atom. The molecule has 0 amide bonds. The molecule has 1 aromatic heterocycles. The molecule has 0 bridgehead atoms. The van der Waals surface area contributed by atoms with Crippen LogP contribution in [0, 0.1) is 0 Å². The summed E-state index contributed by atoms with van der Waals surface area (Å²) in [6.45, 7) is 2.62. The largest absolute Gasteiger partial charge is 0.478 e. The van der Waals surface area contributed by atoms with Crippen LogP contribution in [0.4, 0.5) is 0 Å². The Hall–Kier alpha value is -1.69. The number of carboxylic acids is 1. The predicted octanol–water partition coefficient (Wildman–Crippen LogP) is 1.89. The smallest absolute Gasteiger partial charge is 0.337 e. The first-order valence-electron chi connectivity index (χ1n) is 6.00. The zero-order chi connectivity index (χ0) is 14.0. The Kier molecular flexibility index (Phi) is 3.99. The molecule has 0 radical (unpaired) electrons. The van der Waals surface area contributed by atoms with Crippen LogP contribution in [0.3, 0.4) is 0 Å². The highest BCUT2D eigenvalue weighted by Gasteiger charge is 2.13. The molecule has 0 aliphatic carbocycles. The van der Waals surface area contributed by atoms with Gasteiger partial charge in [-0.15, -0.1) is 0 Å². The fraction of sp³-hybridized carbons (Fsp3) is 0.385. The molecule has 1 N–H and O–H groups in total. The van der Waals surface area contributed by atoms with Crippen molar-refractivity contribution in [2.24, 2.45) is 0 Å². The van der Waals surface area contributed by atoms with Crippen LogP contribution in [0.15, 0.2) is 24.5 Å². The van der Waals surface area contributed by atoms with Gasteiger partial charge in [0.05, 0.1) is 17.4 Å². The molecule has 0 fully saturated rings. The molecule has 1 heterocycles.